The summed E-state index contributed by atoms with van der Waals surface area (Å²) >= 11 is 0. The van der Waals surface area contributed by atoms with Crippen molar-refractivity contribution < 1.29 is 4.42 Å². The van der Waals surface area contributed by atoms with Crippen LogP contribution in [-0.4, -0.2) is 15.0 Å². The third-order valence-electron chi connectivity index (χ3n) is 10.4. The molecular weight excluding hydrogens is 647 g/mol. The Morgan fingerprint density at radius 2 is 1.15 bits per heavy atom. The molecule has 4 nitrogen and oxygen atoms in total. The van der Waals surface area contributed by atoms with Crippen LogP contribution in [-0.2, 0) is 6.42 Å². The summed E-state index contributed by atoms with van der Waals surface area (Å²) in [6.45, 7) is 0. The number of furan rings is 1. The minimum atomic E-state index is 0.653. The third kappa shape index (κ3) is 5.79. The van der Waals surface area contributed by atoms with Gasteiger partial charge < -0.3 is 4.42 Å². The van der Waals surface area contributed by atoms with Crippen molar-refractivity contribution in [1.29, 1.82) is 0 Å². The van der Waals surface area contributed by atoms with Crippen LogP contribution >= 0.6 is 0 Å². The van der Waals surface area contributed by atoms with Crippen molar-refractivity contribution in [2.45, 2.75) is 25.7 Å². The second kappa shape index (κ2) is 13.2. The number of allylic oxidation sites excluding steroid dienone is 5. The second-order valence-corrected chi connectivity index (χ2v) is 13.8. The van der Waals surface area contributed by atoms with E-state index in [0.717, 1.165) is 75.8 Å². The molecule has 2 heterocycles. The molecule has 0 saturated carbocycles. The van der Waals surface area contributed by atoms with Gasteiger partial charge >= 0.3 is 0 Å². The van der Waals surface area contributed by atoms with Gasteiger partial charge in [-0.2, -0.15) is 0 Å². The van der Waals surface area contributed by atoms with E-state index in [-0.39, 0.29) is 0 Å². The van der Waals surface area contributed by atoms with E-state index in [9.17, 15) is 0 Å². The van der Waals surface area contributed by atoms with Gasteiger partial charge in [-0.3, -0.25) is 0 Å². The molecule has 6 aromatic carbocycles. The number of fused-ring (bicyclic) bond motifs is 4. The van der Waals surface area contributed by atoms with Gasteiger partial charge in [-0.25, -0.2) is 15.0 Å². The Morgan fingerprint density at radius 3 is 1.94 bits per heavy atom. The van der Waals surface area contributed by atoms with Crippen LogP contribution in [0.15, 0.2) is 168 Å². The molecule has 0 fully saturated rings. The highest BCUT2D eigenvalue weighted by Gasteiger charge is 2.26. The zero-order valence-electron chi connectivity index (χ0n) is 29.2. The molecule has 2 aromatic heterocycles. The summed E-state index contributed by atoms with van der Waals surface area (Å²) in [6.07, 6.45) is 12.9. The highest BCUT2D eigenvalue weighted by molar-refractivity contribution is 6.03. The Hall–Kier alpha value is -6.65. The molecule has 0 unspecified atom stereocenters. The molecule has 53 heavy (non-hydrogen) atoms. The lowest BCUT2D eigenvalue weighted by Gasteiger charge is -2.15. The molecule has 0 bridgehead atoms. The normalized spacial score (nSPS) is 13.9. The summed E-state index contributed by atoms with van der Waals surface area (Å²) in [4.78, 5) is 15.3. The minimum Gasteiger partial charge on any atom is -0.460 e. The van der Waals surface area contributed by atoms with Crippen molar-refractivity contribution in [2.24, 2.45) is 0 Å². The summed E-state index contributed by atoms with van der Waals surface area (Å²) < 4.78 is 6.77. The average molecular weight is 682 g/mol. The molecule has 8 aromatic rings. The fourth-order valence-electron chi connectivity index (χ4n) is 7.71. The SMILES string of the molecule is C1=CC(c2ccc(-c3nc(C4=CCCc5oc6c(-c7ccc(-c8ccc9ccccc9c8)cc7)cccc6c54)nc(-c4ccccc4)n3)cc2)=CCC1. The number of para-hydroxylation sites is 1. The summed E-state index contributed by atoms with van der Waals surface area (Å²) in [7, 11) is 0. The second-order valence-electron chi connectivity index (χ2n) is 13.8. The Morgan fingerprint density at radius 1 is 0.472 bits per heavy atom. The zero-order valence-corrected chi connectivity index (χ0v) is 29.2. The van der Waals surface area contributed by atoms with E-state index in [1.165, 1.54) is 33.0 Å². The maximum absolute atomic E-state index is 6.77. The van der Waals surface area contributed by atoms with E-state index in [2.05, 4.69) is 146 Å². The van der Waals surface area contributed by atoms with Gasteiger partial charge in [-0.1, -0.05) is 158 Å². The van der Waals surface area contributed by atoms with E-state index in [1.807, 2.05) is 18.2 Å². The number of hydrogen-bond donors (Lipinski definition) is 0. The van der Waals surface area contributed by atoms with Crippen LogP contribution in [0.2, 0.25) is 0 Å². The molecule has 252 valence electrons. The highest BCUT2D eigenvalue weighted by Crippen LogP contribution is 2.42. The van der Waals surface area contributed by atoms with Crippen LogP contribution in [0.5, 0.6) is 0 Å². The van der Waals surface area contributed by atoms with Gasteiger partial charge in [0, 0.05) is 39.6 Å². The molecule has 10 rings (SSSR count). The minimum absolute atomic E-state index is 0.653. The van der Waals surface area contributed by atoms with E-state index >= 15 is 0 Å². The standard InChI is InChI=1S/C49H35N3O/c1-3-11-32(12-4-1)34-23-28-38(29-24-34)48-50-47(37-14-5-2-6-15-37)51-49(52-48)43-19-10-20-44-45(43)42-18-9-17-41(46(42)53-44)36-26-21-35(22-27-36)40-30-25-33-13-7-8-16-39(33)31-40/h2-3,5-9,11-19,21-31H,1,4,10,20H2. The van der Waals surface area contributed by atoms with Crippen LogP contribution in [0, 0.1) is 0 Å². The lowest BCUT2D eigenvalue weighted by Crippen LogP contribution is -2.06. The highest BCUT2D eigenvalue weighted by atomic mass is 16.3. The van der Waals surface area contributed by atoms with Crippen LogP contribution < -0.4 is 0 Å². The smallest absolute Gasteiger partial charge is 0.164 e. The van der Waals surface area contributed by atoms with Gasteiger partial charge in [-0.05, 0) is 63.9 Å². The van der Waals surface area contributed by atoms with Crippen LogP contribution in [0.1, 0.15) is 42.0 Å². The predicted molar refractivity (Wildman–Crippen MR) is 217 cm³/mol. The van der Waals surface area contributed by atoms with E-state index < -0.39 is 0 Å². The van der Waals surface area contributed by atoms with Crippen molar-refractivity contribution in [3.63, 3.8) is 0 Å². The number of hydrogen-bond acceptors (Lipinski definition) is 4. The molecule has 0 amide bonds. The number of aromatic nitrogens is 3. The number of rotatable bonds is 6. The number of aryl methyl sites for hydroxylation is 1. The topological polar surface area (TPSA) is 51.8 Å². The van der Waals surface area contributed by atoms with Gasteiger partial charge in [0.15, 0.2) is 17.5 Å². The van der Waals surface area contributed by atoms with Gasteiger partial charge in [0.2, 0.25) is 0 Å². The Bertz CT molecular complexity index is 2750. The summed E-state index contributed by atoms with van der Waals surface area (Å²) in [5, 5.41) is 3.57. The maximum atomic E-state index is 6.77. The molecular formula is C49H35N3O. The first kappa shape index (κ1) is 31.1. The van der Waals surface area contributed by atoms with Gasteiger partial charge in [-0.15, -0.1) is 0 Å². The van der Waals surface area contributed by atoms with Crippen molar-refractivity contribution in [3.8, 4) is 45.0 Å². The van der Waals surface area contributed by atoms with Crippen molar-refractivity contribution in [3.05, 3.63) is 187 Å². The van der Waals surface area contributed by atoms with Crippen molar-refractivity contribution in [1.82, 2.24) is 15.0 Å². The molecule has 0 atom stereocenters. The van der Waals surface area contributed by atoms with E-state index in [0.29, 0.717) is 17.5 Å². The predicted octanol–water partition coefficient (Wildman–Crippen LogP) is 12.6. The van der Waals surface area contributed by atoms with Crippen LogP contribution in [0.4, 0.5) is 0 Å². The molecule has 0 aliphatic heterocycles. The summed E-state index contributed by atoms with van der Waals surface area (Å²) in [5.74, 6) is 2.94. The molecule has 0 spiro atoms. The van der Waals surface area contributed by atoms with Gasteiger partial charge in [0.25, 0.3) is 0 Å². The maximum Gasteiger partial charge on any atom is 0.164 e. The summed E-state index contributed by atoms with van der Waals surface area (Å²) in [5.41, 5.74) is 11.9. The first-order valence-corrected chi connectivity index (χ1v) is 18.4. The molecule has 2 aliphatic rings. The Kier molecular flexibility index (Phi) is 7.72. The Balaban J connectivity index is 1.04. The number of nitrogens with zero attached hydrogens (tertiary/aromatic N) is 3. The lowest BCUT2D eigenvalue weighted by atomic mass is 9.92. The Labute approximate surface area is 308 Å². The first-order valence-electron chi connectivity index (χ1n) is 18.4. The molecule has 0 radical (unpaired) electrons. The number of benzene rings is 6. The van der Waals surface area contributed by atoms with E-state index in [1.54, 1.807) is 0 Å². The van der Waals surface area contributed by atoms with Gasteiger partial charge in [0.05, 0.1) is 0 Å². The molecule has 0 saturated heterocycles. The zero-order chi connectivity index (χ0) is 35.1. The molecule has 4 heteroatoms. The van der Waals surface area contributed by atoms with Crippen molar-refractivity contribution >= 4 is 32.9 Å². The summed E-state index contributed by atoms with van der Waals surface area (Å²) in [6, 6.07) is 49.2. The monoisotopic (exact) mass is 681 g/mol. The largest absolute Gasteiger partial charge is 0.460 e. The van der Waals surface area contributed by atoms with Crippen LogP contribution in [0.25, 0.3) is 77.9 Å². The van der Waals surface area contributed by atoms with E-state index in [4.69, 9.17) is 19.4 Å². The fourth-order valence-corrected chi connectivity index (χ4v) is 7.71. The molecule has 2 aliphatic carbocycles. The average Bonchev–Trinajstić information content (AvgIpc) is 3.63. The molecule has 0 N–H and O–H groups in total. The van der Waals surface area contributed by atoms with Crippen molar-refractivity contribution in [2.75, 3.05) is 0 Å². The quantitative estimate of drug-likeness (QED) is 0.175. The van der Waals surface area contributed by atoms with Crippen LogP contribution in [0.3, 0.4) is 0 Å². The first-order chi connectivity index (χ1) is 26.2. The lowest BCUT2D eigenvalue weighted by molar-refractivity contribution is 0.546. The van der Waals surface area contributed by atoms with Gasteiger partial charge in [0.1, 0.15) is 11.3 Å². The fraction of sp³-hybridized carbons (Fsp3) is 0.0816. The third-order valence-corrected chi connectivity index (χ3v) is 10.4.